The maximum absolute atomic E-state index is 12.6. The number of hydrogen-bond donors (Lipinski definition) is 2. The van der Waals surface area contributed by atoms with E-state index in [1.807, 2.05) is 24.4 Å². The highest BCUT2D eigenvalue weighted by Crippen LogP contribution is 2.28. The third-order valence-corrected chi connectivity index (χ3v) is 8.31. The van der Waals surface area contributed by atoms with Gasteiger partial charge in [-0.15, -0.1) is 0 Å². The van der Waals surface area contributed by atoms with Crippen LogP contribution in [0.3, 0.4) is 0 Å². The molecule has 8 bridgehead atoms. The number of methoxy groups -OCH3 is 1. The van der Waals surface area contributed by atoms with E-state index >= 15 is 0 Å². The molecular weight excluding hydrogens is 530 g/mol. The quantitative estimate of drug-likeness (QED) is 0.479. The minimum atomic E-state index is 0.0776. The number of hydrogen-bond acceptors (Lipinski definition) is 9. The first-order valence-electron chi connectivity index (χ1n) is 15.0. The Morgan fingerprint density at radius 2 is 1.69 bits per heavy atom. The van der Waals surface area contributed by atoms with Crippen molar-refractivity contribution in [2.45, 2.75) is 19.5 Å². The minimum absolute atomic E-state index is 0.0776. The normalized spacial score (nSPS) is 22.0. The first kappa shape index (κ1) is 28.5. The summed E-state index contributed by atoms with van der Waals surface area (Å²) in [5.74, 6) is 1.71. The summed E-state index contributed by atoms with van der Waals surface area (Å²) in [4.78, 5) is 29.4. The molecule has 4 aliphatic heterocycles. The van der Waals surface area contributed by atoms with Crippen LogP contribution in [0.2, 0.25) is 0 Å². The third kappa shape index (κ3) is 7.07. The SMILES string of the molecule is COc1ccc2cc1CNCCNC(=O)CN1CCN(CC1)Cc1cc(ccc1N1CCOCC1)Cc1nccc-2n1. The summed E-state index contributed by atoms with van der Waals surface area (Å²) >= 11 is 0. The van der Waals surface area contributed by atoms with Gasteiger partial charge in [0, 0.05) is 94.9 Å². The average Bonchev–Trinajstić information content (AvgIpc) is 3.02. The van der Waals surface area contributed by atoms with Crippen molar-refractivity contribution in [3.63, 3.8) is 0 Å². The molecule has 10 heteroatoms. The Morgan fingerprint density at radius 3 is 2.50 bits per heavy atom. The molecule has 5 heterocycles. The van der Waals surface area contributed by atoms with Crippen LogP contribution in [0, 0.1) is 0 Å². The molecule has 1 amide bonds. The number of anilines is 1. The summed E-state index contributed by atoms with van der Waals surface area (Å²) in [7, 11) is 1.69. The van der Waals surface area contributed by atoms with Crippen LogP contribution in [0.15, 0.2) is 48.7 Å². The Bertz CT molecular complexity index is 1370. The van der Waals surface area contributed by atoms with Gasteiger partial charge in [0.05, 0.1) is 32.6 Å². The Hall–Kier alpha value is -3.57. The van der Waals surface area contributed by atoms with Gasteiger partial charge >= 0.3 is 0 Å². The van der Waals surface area contributed by atoms with Gasteiger partial charge in [-0.1, -0.05) is 12.1 Å². The summed E-state index contributed by atoms with van der Waals surface area (Å²) < 4.78 is 11.3. The van der Waals surface area contributed by atoms with Crippen molar-refractivity contribution in [3.05, 3.63) is 71.2 Å². The van der Waals surface area contributed by atoms with Crippen molar-refractivity contribution in [2.24, 2.45) is 0 Å². The zero-order valence-corrected chi connectivity index (χ0v) is 24.5. The van der Waals surface area contributed by atoms with Crippen LogP contribution in [0.1, 0.15) is 22.5 Å². The predicted octanol–water partition coefficient (Wildman–Crippen LogP) is 1.92. The molecule has 4 aliphatic rings. The standard InChI is InChI=1S/C32H41N7O3/c1-41-30-5-3-25-20-26(30)21-33-8-9-35-32(40)23-38-12-10-37(11-13-38)22-27-18-24(19-31-34-7-6-28(25)36-31)2-4-29(27)39-14-16-42-17-15-39/h2-7,18,20,33H,8-17,19,21-23H2,1H3,(H,35,40). The van der Waals surface area contributed by atoms with Crippen LogP contribution in [-0.4, -0.2) is 105 Å². The molecule has 0 radical (unpaired) electrons. The van der Waals surface area contributed by atoms with Crippen molar-refractivity contribution >= 4 is 11.6 Å². The molecule has 7 rings (SSSR count). The van der Waals surface area contributed by atoms with E-state index in [0.29, 0.717) is 32.6 Å². The van der Waals surface area contributed by atoms with Gasteiger partial charge in [-0.2, -0.15) is 0 Å². The van der Waals surface area contributed by atoms with E-state index in [9.17, 15) is 4.79 Å². The smallest absolute Gasteiger partial charge is 0.234 e. The lowest BCUT2D eigenvalue weighted by atomic mass is 10.0. The lowest BCUT2D eigenvalue weighted by Crippen LogP contribution is -2.49. The molecule has 2 fully saturated rings. The van der Waals surface area contributed by atoms with Crippen LogP contribution < -0.4 is 20.3 Å². The summed E-state index contributed by atoms with van der Waals surface area (Å²) in [6, 6.07) is 14.9. The van der Waals surface area contributed by atoms with Gasteiger partial charge in [-0.05, 0) is 41.5 Å². The van der Waals surface area contributed by atoms with E-state index < -0.39 is 0 Å². The molecule has 222 valence electrons. The van der Waals surface area contributed by atoms with E-state index in [-0.39, 0.29) is 5.91 Å². The Kier molecular flexibility index (Phi) is 9.25. The molecule has 10 nitrogen and oxygen atoms in total. The van der Waals surface area contributed by atoms with Gasteiger partial charge in [0.15, 0.2) is 0 Å². The molecule has 2 aromatic carbocycles. The number of carbonyl (C=O) groups excluding carboxylic acids is 1. The van der Waals surface area contributed by atoms with Gasteiger partial charge in [0.1, 0.15) is 11.6 Å². The molecule has 2 saturated heterocycles. The fourth-order valence-corrected chi connectivity index (χ4v) is 6.01. The Balaban J connectivity index is 1.31. The molecule has 0 saturated carbocycles. The van der Waals surface area contributed by atoms with Crippen LogP contribution >= 0.6 is 0 Å². The minimum Gasteiger partial charge on any atom is -0.496 e. The van der Waals surface area contributed by atoms with Crippen LogP contribution in [0.25, 0.3) is 11.3 Å². The molecule has 42 heavy (non-hydrogen) atoms. The Labute approximate surface area is 248 Å². The predicted molar refractivity (Wildman–Crippen MR) is 163 cm³/mol. The van der Waals surface area contributed by atoms with Crippen LogP contribution in [0.4, 0.5) is 5.69 Å². The molecule has 3 aromatic rings. The van der Waals surface area contributed by atoms with Gasteiger partial charge in [-0.3, -0.25) is 14.6 Å². The van der Waals surface area contributed by atoms with Gasteiger partial charge in [-0.25, -0.2) is 9.97 Å². The highest BCUT2D eigenvalue weighted by molar-refractivity contribution is 5.78. The molecular formula is C32H41N7O3. The number of carbonyl (C=O) groups is 1. The topological polar surface area (TPSA) is 95.1 Å². The lowest BCUT2D eigenvalue weighted by Gasteiger charge is -2.36. The summed E-state index contributed by atoms with van der Waals surface area (Å²) in [6.45, 7) is 10.2. The van der Waals surface area contributed by atoms with E-state index in [2.05, 4.69) is 54.6 Å². The fourth-order valence-electron chi connectivity index (χ4n) is 6.01. The summed E-state index contributed by atoms with van der Waals surface area (Å²) in [6.07, 6.45) is 2.52. The van der Waals surface area contributed by atoms with Crippen LogP contribution in [-0.2, 0) is 29.0 Å². The van der Waals surface area contributed by atoms with E-state index in [1.54, 1.807) is 7.11 Å². The van der Waals surface area contributed by atoms with E-state index in [4.69, 9.17) is 14.5 Å². The number of morpholine rings is 1. The number of amides is 1. The monoisotopic (exact) mass is 571 g/mol. The second-order valence-electron chi connectivity index (χ2n) is 11.2. The highest BCUT2D eigenvalue weighted by Gasteiger charge is 2.22. The van der Waals surface area contributed by atoms with Gasteiger partial charge in [0.2, 0.25) is 5.91 Å². The number of ether oxygens (including phenoxy) is 2. The second kappa shape index (κ2) is 13.6. The van der Waals surface area contributed by atoms with Gasteiger partial charge in [0.25, 0.3) is 0 Å². The maximum atomic E-state index is 12.6. The third-order valence-electron chi connectivity index (χ3n) is 8.31. The summed E-state index contributed by atoms with van der Waals surface area (Å²) in [5.41, 5.74) is 6.77. The lowest BCUT2D eigenvalue weighted by molar-refractivity contribution is -0.122. The highest BCUT2D eigenvalue weighted by atomic mass is 16.5. The number of rotatable bonds is 2. The largest absolute Gasteiger partial charge is 0.496 e. The maximum Gasteiger partial charge on any atom is 0.234 e. The van der Waals surface area contributed by atoms with E-state index in [0.717, 1.165) is 87.4 Å². The zero-order valence-electron chi connectivity index (χ0n) is 24.5. The number of nitrogens with one attached hydrogen (secondary N) is 2. The molecule has 1 aromatic heterocycles. The first-order valence-corrected chi connectivity index (χ1v) is 15.0. The molecule has 0 atom stereocenters. The van der Waals surface area contributed by atoms with Crippen molar-refractivity contribution in [2.75, 3.05) is 84.1 Å². The summed E-state index contributed by atoms with van der Waals surface area (Å²) in [5, 5.41) is 6.51. The first-order chi connectivity index (χ1) is 20.6. The van der Waals surface area contributed by atoms with Crippen LogP contribution in [0.5, 0.6) is 5.75 Å². The number of aromatic nitrogens is 2. The molecule has 2 N–H and O–H groups in total. The molecule has 0 spiro atoms. The number of fused-ring (bicyclic) bond motifs is 8. The van der Waals surface area contributed by atoms with E-state index in [1.165, 1.54) is 16.8 Å². The number of piperazine rings is 1. The Morgan fingerprint density at radius 1 is 0.881 bits per heavy atom. The average molecular weight is 572 g/mol. The second-order valence-corrected chi connectivity index (χ2v) is 11.2. The fraction of sp³-hybridized carbons (Fsp3) is 0.469. The van der Waals surface area contributed by atoms with Crippen molar-refractivity contribution in [3.8, 4) is 17.0 Å². The zero-order chi connectivity index (χ0) is 28.7. The van der Waals surface area contributed by atoms with Crippen molar-refractivity contribution in [1.82, 2.24) is 30.4 Å². The van der Waals surface area contributed by atoms with Crippen molar-refractivity contribution < 1.29 is 14.3 Å². The number of nitrogens with zero attached hydrogens (tertiary/aromatic N) is 5. The molecule has 0 aliphatic carbocycles. The van der Waals surface area contributed by atoms with Gasteiger partial charge < -0.3 is 25.0 Å². The molecule has 0 unspecified atom stereocenters. The number of benzene rings is 2. The van der Waals surface area contributed by atoms with Crippen molar-refractivity contribution in [1.29, 1.82) is 0 Å².